The van der Waals surface area contributed by atoms with Crippen molar-refractivity contribution in [2.45, 2.75) is 25.5 Å². The first kappa shape index (κ1) is 10.5. The van der Waals surface area contributed by atoms with Crippen LogP contribution < -0.4 is 5.32 Å². The summed E-state index contributed by atoms with van der Waals surface area (Å²) in [4.78, 5) is 0. The molecule has 1 aliphatic carbocycles. The average Bonchev–Trinajstić information content (AvgIpc) is 3.00. The van der Waals surface area contributed by atoms with Gasteiger partial charge in [-0.15, -0.1) is 0 Å². The number of phenolic OH excluding ortho intramolecular Hbond substituents is 1. The molecule has 0 aromatic heterocycles. The van der Waals surface area contributed by atoms with Crippen molar-refractivity contribution in [2.75, 3.05) is 6.54 Å². The molecule has 1 aliphatic rings. The van der Waals surface area contributed by atoms with Crippen LogP contribution in [0.25, 0.3) is 0 Å². The van der Waals surface area contributed by atoms with E-state index in [0.717, 1.165) is 18.4 Å². The highest BCUT2D eigenvalue weighted by molar-refractivity contribution is 5.26. The monoisotopic (exact) mass is 207 g/mol. The minimum atomic E-state index is -0.206. The Kier molecular flexibility index (Phi) is 3.23. The molecule has 1 unspecified atom stereocenters. The number of benzene rings is 1. The summed E-state index contributed by atoms with van der Waals surface area (Å²) in [6.07, 6.45) is 2.12. The van der Waals surface area contributed by atoms with E-state index in [2.05, 4.69) is 5.32 Å². The van der Waals surface area contributed by atoms with Gasteiger partial charge in [-0.25, -0.2) is 0 Å². The number of hydrogen-bond acceptors (Lipinski definition) is 3. The standard InChI is InChI=1S/C12H17NO2/c14-11-3-1-2-9(6-11)7-13-8-12(15)10-4-5-10/h1-3,6,10,12-15H,4-5,7-8H2. The zero-order valence-electron chi connectivity index (χ0n) is 8.69. The van der Waals surface area contributed by atoms with Gasteiger partial charge in [0, 0.05) is 13.1 Å². The smallest absolute Gasteiger partial charge is 0.115 e. The third kappa shape index (κ3) is 3.22. The summed E-state index contributed by atoms with van der Waals surface area (Å²) in [7, 11) is 0. The third-order valence-corrected chi connectivity index (χ3v) is 2.76. The van der Waals surface area contributed by atoms with Crippen LogP contribution >= 0.6 is 0 Å². The Morgan fingerprint density at radius 2 is 2.20 bits per heavy atom. The second kappa shape index (κ2) is 4.64. The minimum absolute atomic E-state index is 0.206. The van der Waals surface area contributed by atoms with Crippen molar-refractivity contribution in [3.8, 4) is 5.75 Å². The maximum Gasteiger partial charge on any atom is 0.115 e. The summed E-state index contributed by atoms with van der Waals surface area (Å²) in [5.74, 6) is 0.804. The molecule has 3 heteroatoms. The van der Waals surface area contributed by atoms with Gasteiger partial charge in [-0.3, -0.25) is 0 Å². The van der Waals surface area contributed by atoms with E-state index in [1.165, 1.54) is 0 Å². The highest BCUT2D eigenvalue weighted by atomic mass is 16.3. The summed E-state index contributed by atoms with van der Waals surface area (Å²) in [5, 5.41) is 22.0. The van der Waals surface area contributed by atoms with Gasteiger partial charge in [0.15, 0.2) is 0 Å². The fourth-order valence-electron chi connectivity index (χ4n) is 1.68. The Morgan fingerprint density at radius 3 is 2.87 bits per heavy atom. The highest BCUT2D eigenvalue weighted by Gasteiger charge is 2.28. The van der Waals surface area contributed by atoms with Crippen LogP contribution in [0.2, 0.25) is 0 Å². The summed E-state index contributed by atoms with van der Waals surface area (Å²) >= 11 is 0. The normalized spacial score (nSPS) is 17.7. The number of aliphatic hydroxyl groups excluding tert-OH is 1. The Balaban J connectivity index is 1.73. The van der Waals surface area contributed by atoms with Crippen molar-refractivity contribution in [2.24, 2.45) is 5.92 Å². The molecule has 1 aromatic carbocycles. The molecular weight excluding hydrogens is 190 g/mol. The number of rotatable bonds is 5. The van der Waals surface area contributed by atoms with Gasteiger partial charge in [-0.05, 0) is 36.5 Å². The summed E-state index contributed by atoms with van der Waals surface area (Å²) in [6.45, 7) is 1.33. The zero-order valence-corrected chi connectivity index (χ0v) is 8.69. The predicted octanol–water partition coefficient (Wildman–Crippen LogP) is 1.25. The number of hydrogen-bond donors (Lipinski definition) is 3. The lowest BCUT2D eigenvalue weighted by Gasteiger charge is -2.10. The van der Waals surface area contributed by atoms with Crippen molar-refractivity contribution in [1.82, 2.24) is 5.32 Å². The van der Waals surface area contributed by atoms with E-state index < -0.39 is 0 Å². The Hall–Kier alpha value is -1.06. The van der Waals surface area contributed by atoms with E-state index in [-0.39, 0.29) is 11.9 Å². The molecule has 0 heterocycles. The molecular formula is C12H17NO2. The first-order valence-corrected chi connectivity index (χ1v) is 5.42. The Bertz CT molecular complexity index is 323. The molecule has 1 saturated carbocycles. The van der Waals surface area contributed by atoms with E-state index in [0.29, 0.717) is 19.0 Å². The van der Waals surface area contributed by atoms with Crippen LogP contribution in [0, 0.1) is 5.92 Å². The van der Waals surface area contributed by atoms with Crippen molar-refractivity contribution in [1.29, 1.82) is 0 Å². The fraction of sp³-hybridized carbons (Fsp3) is 0.500. The van der Waals surface area contributed by atoms with Crippen LogP contribution in [0.1, 0.15) is 18.4 Å². The fourth-order valence-corrected chi connectivity index (χ4v) is 1.68. The molecule has 0 saturated heterocycles. The van der Waals surface area contributed by atoms with E-state index >= 15 is 0 Å². The summed E-state index contributed by atoms with van der Waals surface area (Å²) < 4.78 is 0. The van der Waals surface area contributed by atoms with E-state index in [1.54, 1.807) is 12.1 Å². The molecule has 0 spiro atoms. The average molecular weight is 207 g/mol. The number of phenols is 1. The van der Waals surface area contributed by atoms with Crippen molar-refractivity contribution in [3.05, 3.63) is 29.8 Å². The lowest BCUT2D eigenvalue weighted by molar-refractivity contribution is 0.148. The topological polar surface area (TPSA) is 52.5 Å². The van der Waals surface area contributed by atoms with E-state index in [4.69, 9.17) is 0 Å². The maximum absolute atomic E-state index is 9.61. The lowest BCUT2D eigenvalue weighted by atomic mass is 10.2. The second-order valence-corrected chi connectivity index (χ2v) is 4.21. The molecule has 3 N–H and O–H groups in total. The van der Waals surface area contributed by atoms with Gasteiger partial charge in [-0.1, -0.05) is 12.1 Å². The van der Waals surface area contributed by atoms with Crippen LogP contribution in [0.15, 0.2) is 24.3 Å². The van der Waals surface area contributed by atoms with Crippen LogP contribution in [0.4, 0.5) is 0 Å². The molecule has 0 amide bonds. The van der Waals surface area contributed by atoms with Gasteiger partial charge in [0.25, 0.3) is 0 Å². The van der Waals surface area contributed by atoms with Gasteiger partial charge in [0.05, 0.1) is 6.10 Å². The van der Waals surface area contributed by atoms with Gasteiger partial charge in [-0.2, -0.15) is 0 Å². The maximum atomic E-state index is 9.61. The van der Waals surface area contributed by atoms with Gasteiger partial charge in [0.1, 0.15) is 5.75 Å². The number of aliphatic hydroxyl groups is 1. The predicted molar refractivity (Wildman–Crippen MR) is 58.5 cm³/mol. The molecule has 15 heavy (non-hydrogen) atoms. The van der Waals surface area contributed by atoms with Crippen molar-refractivity contribution in [3.63, 3.8) is 0 Å². The highest BCUT2D eigenvalue weighted by Crippen LogP contribution is 2.32. The van der Waals surface area contributed by atoms with Crippen LogP contribution in [0.5, 0.6) is 5.75 Å². The van der Waals surface area contributed by atoms with Crippen molar-refractivity contribution < 1.29 is 10.2 Å². The molecule has 3 nitrogen and oxygen atoms in total. The van der Waals surface area contributed by atoms with Gasteiger partial charge >= 0.3 is 0 Å². The van der Waals surface area contributed by atoms with Gasteiger partial charge in [0.2, 0.25) is 0 Å². The minimum Gasteiger partial charge on any atom is -0.508 e. The molecule has 2 rings (SSSR count). The van der Waals surface area contributed by atoms with E-state index in [1.807, 2.05) is 12.1 Å². The summed E-state index contributed by atoms with van der Waals surface area (Å²) in [6, 6.07) is 7.17. The second-order valence-electron chi connectivity index (χ2n) is 4.21. The SMILES string of the molecule is Oc1cccc(CNCC(O)C2CC2)c1. The first-order chi connectivity index (χ1) is 7.25. The first-order valence-electron chi connectivity index (χ1n) is 5.42. The Labute approximate surface area is 89.8 Å². The van der Waals surface area contributed by atoms with Crippen LogP contribution in [-0.2, 0) is 6.54 Å². The van der Waals surface area contributed by atoms with Crippen LogP contribution in [-0.4, -0.2) is 22.9 Å². The van der Waals surface area contributed by atoms with Gasteiger partial charge < -0.3 is 15.5 Å². The number of nitrogens with one attached hydrogen (secondary N) is 1. The van der Waals surface area contributed by atoms with Crippen molar-refractivity contribution >= 4 is 0 Å². The largest absolute Gasteiger partial charge is 0.508 e. The zero-order chi connectivity index (χ0) is 10.7. The molecule has 0 radical (unpaired) electrons. The molecule has 0 aliphatic heterocycles. The lowest BCUT2D eigenvalue weighted by Crippen LogP contribution is -2.27. The third-order valence-electron chi connectivity index (χ3n) is 2.76. The quantitative estimate of drug-likeness (QED) is 0.681. The molecule has 1 atom stereocenters. The summed E-state index contributed by atoms with van der Waals surface area (Å²) in [5.41, 5.74) is 1.04. The molecule has 1 aromatic rings. The van der Waals surface area contributed by atoms with Crippen LogP contribution in [0.3, 0.4) is 0 Å². The molecule has 0 bridgehead atoms. The molecule has 82 valence electrons. The van der Waals surface area contributed by atoms with E-state index in [9.17, 15) is 10.2 Å². The molecule has 1 fully saturated rings. The Morgan fingerprint density at radius 1 is 1.40 bits per heavy atom. The number of aromatic hydroxyl groups is 1.